The van der Waals surface area contributed by atoms with Gasteiger partial charge in [0.05, 0.1) is 36.6 Å². The predicted molar refractivity (Wildman–Crippen MR) is 328 cm³/mol. The average Bonchev–Trinajstić information content (AvgIpc) is 2.54. The summed E-state index contributed by atoms with van der Waals surface area (Å²) in [6, 6.07) is 27.5. The van der Waals surface area contributed by atoms with Gasteiger partial charge in [0, 0.05) is 109 Å². The number of hydrogen-bond donors (Lipinski definition) is 3. The van der Waals surface area contributed by atoms with Crippen LogP contribution in [0.5, 0.6) is 11.5 Å². The van der Waals surface area contributed by atoms with Crippen LogP contribution in [-0.4, -0.2) is 153 Å². The number of carboxylic acids is 1. The van der Waals surface area contributed by atoms with E-state index in [4.69, 9.17) is 18.9 Å². The highest BCUT2D eigenvalue weighted by Gasteiger charge is 2.53. The average molecular weight is 1160 g/mol. The Morgan fingerprint density at radius 2 is 1.36 bits per heavy atom. The lowest BCUT2D eigenvalue weighted by Crippen LogP contribution is -2.54. The maximum atomic E-state index is 15.5. The fourth-order valence-electron chi connectivity index (χ4n) is 12.9. The Kier molecular flexibility index (Phi) is 21.6. The molecule has 2 aliphatic heterocycles. The van der Waals surface area contributed by atoms with Crippen molar-refractivity contribution in [1.82, 2.24) is 25.3 Å². The Bertz CT molecular complexity index is 2910. The van der Waals surface area contributed by atoms with E-state index >= 15 is 4.79 Å². The lowest BCUT2D eigenvalue weighted by molar-refractivity contribution is -0.150. The molecule has 0 spiro atoms. The van der Waals surface area contributed by atoms with Gasteiger partial charge in [0.25, 0.3) is 0 Å². The van der Waals surface area contributed by atoms with E-state index < -0.39 is 22.9 Å². The molecule has 8 rings (SSSR count). The lowest BCUT2D eigenvalue weighted by atomic mass is 9.62. The number of hydrogen-bond acceptors (Lipinski definition) is 12. The quantitative estimate of drug-likeness (QED) is 0.0672. The van der Waals surface area contributed by atoms with Gasteiger partial charge in [-0.15, -0.1) is 0 Å². The second-order valence-electron chi connectivity index (χ2n) is 25.1. The van der Waals surface area contributed by atoms with E-state index in [2.05, 4.69) is 66.3 Å². The zero-order chi connectivity index (χ0) is 60.3. The van der Waals surface area contributed by atoms with Gasteiger partial charge >= 0.3 is 12.1 Å². The second-order valence-corrected chi connectivity index (χ2v) is 25.1. The minimum Gasteiger partial charge on any atom is -0.490 e. The molecule has 3 atom stereocenters. The Balaban J connectivity index is 0.925. The smallest absolute Gasteiger partial charge is 0.410 e. The zero-order valence-corrected chi connectivity index (χ0v) is 51.5. The molecule has 17 nitrogen and oxygen atoms in total. The van der Waals surface area contributed by atoms with Crippen molar-refractivity contribution in [1.29, 1.82) is 0 Å². The van der Waals surface area contributed by atoms with Gasteiger partial charge in [0.1, 0.15) is 17.1 Å². The summed E-state index contributed by atoms with van der Waals surface area (Å²) >= 11 is 0. The van der Waals surface area contributed by atoms with Gasteiger partial charge in [-0.2, -0.15) is 0 Å². The summed E-state index contributed by atoms with van der Waals surface area (Å²) in [5.41, 5.74) is 5.50. The summed E-state index contributed by atoms with van der Waals surface area (Å²) in [6.45, 7) is 23.9. The minimum atomic E-state index is -1.34. The summed E-state index contributed by atoms with van der Waals surface area (Å²) in [5, 5.41) is 17.8. The third kappa shape index (κ3) is 16.5. The monoisotopic (exact) mass is 1160 g/mol. The molecule has 2 aliphatic carbocycles. The highest BCUT2D eigenvalue weighted by molar-refractivity contribution is 6.01. The molecule has 2 saturated carbocycles. The van der Waals surface area contributed by atoms with Crippen molar-refractivity contribution in [3.63, 3.8) is 0 Å². The van der Waals surface area contributed by atoms with E-state index in [1.807, 2.05) is 94.2 Å². The van der Waals surface area contributed by atoms with Crippen LogP contribution >= 0.6 is 0 Å². The molecule has 4 fully saturated rings. The summed E-state index contributed by atoms with van der Waals surface area (Å²) in [4.78, 5) is 79.1. The Morgan fingerprint density at radius 1 is 0.750 bits per heavy atom. The second kappa shape index (κ2) is 28.6. The largest absolute Gasteiger partial charge is 0.490 e. The van der Waals surface area contributed by atoms with Crippen LogP contribution < -0.4 is 29.9 Å². The maximum absolute atomic E-state index is 15.5. The lowest BCUT2D eigenvalue weighted by Gasteiger charge is -2.44. The number of rotatable bonds is 21. The van der Waals surface area contributed by atoms with E-state index in [1.165, 1.54) is 11.1 Å². The number of carbonyl (C=O) groups excluding carboxylic acids is 4. The summed E-state index contributed by atoms with van der Waals surface area (Å²) in [7, 11) is 3.60. The van der Waals surface area contributed by atoms with Gasteiger partial charge < -0.3 is 49.4 Å². The van der Waals surface area contributed by atoms with Crippen molar-refractivity contribution in [3.05, 3.63) is 118 Å². The van der Waals surface area contributed by atoms with Gasteiger partial charge in [0.15, 0.2) is 0 Å². The van der Waals surface area contributed by atoms with Crippen molar-refractivity contribution in [2.75, 3.05) is 82.9 Å². The number of aryl methyl sites for hydroxylation is 2. The third-order valence-electron chi connectivity index (χ3n) is 17.5. The molecule has 1 unspecified atom stereocenters. The molecule has 0 bridgehead atoms. The van der Waals surface area contributed by atoms with Crippen LogP contribution in [0, 0.1) is 25.2 Å². The fraction of sp³-hybridized carbons (Fsp3) is 0.567. The third-order valence-corrected chi connectivity index (χ3v) is 17.5. The zero-order valence-electron chi connectivity index (χ0n) is 51.5. The highest BCUT2D eigenvalue weighted by atomic mass is 16.6. The van der Waals surface area contributed by atoms with Gasteiger partial charge in [-0.1, -0.05) is 36.4 Å². The van der Waals surface area contributed by atoms with Crippen LogP contribution in [0.1, 0.15) is 132 Å². The molecular formula is C67H93N7O10. The highest BCUT2D eigenvalue weighted by Crippen LogP contribution is 2.51. The van der Waals surface area contributed by atoms with Crippen LogP contribution in [0.15, 0.2) is 84.9 Å². The molecule has 4 aliphatic rings. The van der Waals surface area contributed by atoms with Crippen LogP contribution in [0.25, 0.3) is 0 Å². The summed E-state index contributed by atoms with van der Waals surface area (Å²) < 4.78 is 24.2. The first-order valence-electron chi connectivity index (χ1n) is 30.6. The summed E-state index contributed by atoms with van der Waals surface area (Å²) in [6.07, 6.45) is 3.42. The van der Waals surface area contributed by atoms with Crippen molar-refractivity contribution in [3.8, 4) is 11.5 Å². The molecule has 17 heteroatoms. The number of nitrogens with zero attached hydrogens (tertiary/aromatic N) is 5. The van der Waals surface area contributed by atoms with Crippen LogP contribution in [0.4, 0.5) is 16.2 Å². The molecule has 456 valence electrons. The van der Waals surface area contributed by atoms with Gasteiger partial charge in [-0.3, -0.25) is 29.0 Å². The number of carbonyl (C=O) groups is 5. The van der Waals surface area contributed by atoms with Crippen LogP contribution in [0.3, 0.4) is 0 Å². The molecule has 2 saturated heterocycles. The minimum absolute atomic E-state index is 0.0192. The summed E-state index contributed by atoms with van der Waals surface area (Å²) in [5.74, 6) is -1.63. The number of aliphatic carboxylic acids is 1. The van der Waals surface area contributed by atoms with E-state index in [0.717, 1.165) is 68.2 Å². The molecule has 4 amide bonds. The van der Waals surface area contributed by atoms with Crippen LogP contribution in [0.2, 0.25) is 0 Å². The first kappa shape index (κ1) is 63.5. The van der Waals surface area contributed by atoms with Crippen LogP contribution in [-0.2, 0) is 48.2 Å². The van der Waals surface area contributed by atoms with E-state index in [-0.39, 0.29) is 67.2 Å². The Morgan fingerprint density at radius 3 is 1.95 bits per heavy atom. The molecule has 3 N–H and O–H groups in total. The Labute approximate surface area is 498 Å². The number of carboxylic acid groups (broad SMARTS) is 1. The fourth-order valence-corrected chi connectivity index (χ4v) is 12.9. The number of anilines is 2. The number of piperazine rings is 2. The topological polar surface area (TPSA) is 183 Å². The van der Waals surface area contributed by atoms with Crippen molar-refractivity contribution in [2.45, 2.75) is 162 Å². The normalized spacial score (nSPS) is 22.8. The van der Waals surface area contributed by atoms with E-state index in [9.17, 15) is 24.3 Å². The first-order chi connectivity index (χ1) is 40.1. The van der Waals surface area contributed by atoms with Gasteiger partial charge in [0.2, 0.25) is 17.7 Å². The van der Waals surface area contributed by atoms with Gasteiger partial charge in [-0.05, 0) is 189 Å². The molecule has 0 aromatic heterocycles. The van der Waals surface area contributed by atoms with E-state index in [0.29, 0.717) is 93.6 Å². The number of ether oxygens (including phenoxy) is 4. The maximum Gasteiger partial charge on any atom is 0.410 e. The SMILES string of the molecule is CCOCCNC(=O)Cc1cccc(OC2CCC(C(=O)N(C)c3ccc(CN4CCN[C@@H](C)C4)c(C)c3)(C(C(=O)O)c3cccc(OC4CCC(C(=O)N(C)c5ccc(CN6CCN(C(=O)OC(C)(C)C)[C@@H](C)C6)c(C)c5)CC4)c3)CC2)c1. The molecular weight excluding hydrogens is 1060 g/mol. The van der Waals surface area contributed by atoms with E-state index in [1.54, 1.807) is 29.0 Å². The Hall–Kier alpha value is -6.53. The molecule has 2 heterocycles. The van der Waals surface area contributed by atoms with Crippen molar-refractivity contribution < 1.29 is 48.0 Å². The molecule has 0 radical (unpaired) electrons. The standard InChI is InChI=1S/C67H93N7O10/c1-11-81-35-31-69-60(75)39-49-14-12-16-58(38-49)83-57-26-28-67(29-27-57,64(79)71(10)55-23-19-52(46(3)37-55)43-72-32-30-68-47(4)41-72)61(63(77)78)51-15-13-17-59(40-51)82-56-24-20-50(21-25-56)62(76)70(9)54-22-18-53(45(2)36-54)44-73-33-34-74(48(5)42-73)65(80)84-66(6,7)8/h12-19,22-23,36-38,40,47-48,50,56-57,61,68H,11,20-21,24-35,39,41-44H2,1-10H3,(H,69,75)(H,77,78)/t47-,48-,50?,56?,57?,61?,67?/m0/s1. The molecule has 4 aromatic rings. The first-order valence-corrected chi connectivity index (χ1v) is 30.6. The van der Waals surface area contributed by atoms with Crippen molar-refractivity contribution >= 4 is 41.2 Å². The van der Waals surface area contributed by atoms with Gasteiger partial charge in [-0.25, -0.2) is 4.79 Å². The number of nitrogens with one attached hydrogen (secondary N) is 2. The number of benzene rings is 4. The van der Waals surface area contributed by atoms with Crippen molar-refractivity contribution in [2.24, 2.45) is 11.3 Å². The predicted octanol–water partition coefficient (Wildman–Crippen LogP) is 9.67. The number of amides is 4. The molecule has 4 aromatic carbocycles. The molecule has 84 heavy (non-hydrogen) atoms.